The van der Waals surface area contributed by atoms with Gasteiger partial charge in [-0.2, -0.15) is 5.10 Å². The molecule has 0 saturated carbocycles. The Kier molecular flexibility index (Phi) is 7.69. The van der Waals surface area contributed by atoms with Crippen molar-refractivity contribution in [1.82, 2.24) is 19.8 Å². The third kappa shape index (κ3) is 5.56. The fraction of sp³-hybridized carbons (Fsp3) is 0.458. The topological polar surface area (TPSA) is 79.2 Å². The maximum Gasteiger partial charge on any atom is 0.318 e. The Balaban J connectivity index is 1.87. The highest BCUT2D eigenvalue weighted by molar-refractivity contribution is 6.02. The summed E-state index contributed by atoms with van der Waals surface area (Å²) >= 11 is 0. The SMILES string of the molecule is COCCN(CC(=O)N1N=C(c2cccn2C)C[C@H]1c1ccc(C)cc1)C(=O)NC(C)C. The maximum atomic E-state index is 13.4. The number of hydrogen-bond acceptors (Lipinski definition) is 4. The molecule has 0 unspecified atom stereocenters. The number of carbonyl (C=O) groups excluding carboxylic acids is 2. The zero-order valence-corrected chi connectivity index (χ0v) is 19.5. The first-order valence-electron chi connectivity index (χ1n) is 10.9. The van der Waals surface area contributed by atoms with E-state index in [0.717, 1.165) is 22.5 Å². The monoisotopic (exact) mass is 439 g/mol. The average Bonchev–Trinajstić information content (AvgIpc) is 3.37. The molecular formula is C24H33N5O3. The summed E-state index contributed by atoms with van der Waals surface area (Å²) in [7, 11) is 3.54. The van der Waals surface area contributed by atoms with E-state index in [1.54, 1.807) is 7.11 Å². The Hall–Kier alpha value is -3.13. The van der Waals surface area contributed by atoms with Crippen LogP contribution in [0.25, 0.3) is 0 Å². The van der Waals surface area contributed by atoms with Gasteiger partial charge in [0.05, 0.1) is 24.1 Å². The fourth-order valence-electron chi connectivity index (χ4n) is 3.73. The zero-order chi connectivity index (χ0) is 23.3. The van der Waals surface area contributed by atoms with Crippen LogP contribution in [0.1, 0.15) is 43.1 Å². The number of hydrazone groups is 1. The number of nitrogens with one attached hydrogen (secondary N) is 1. The van der Waals surface area contributed by atoms with Crippen LogP contribution >= 0.6 is 0 Å². The van der Waals surface area contributed by atoms with Crippen LogP contribution in [0.15, 0.2) is 47.7 Å². The first-order chi connectivity index (χ1) is 15.3. The molecule has 2 heterocycles. The van der Waals surface area contributed by atoms with E-state index in [0.29, 0.717) is 19.6 Å². The second-order valence-electron chi connectivity index (χ2n) is 8.44. The van der Waals surface area contributed by atoms with E-state index in [2.05, 4.69) is 5.32 Å². The summed E-state index contributed by atoms with van der Waals surface area (Å²) in [5.41, 5.74) is 4.01. The zero-order valence-electron chi connectivity index (χ0n) is 19.5. The lowest BCUT2D eigenvalue weighted by atomic mass is 9.99. The summed E-state index contributed by atoms with van der Waals surface area (Å²) in [6.07, 6.45) is 2.58. The number of aryl methyl sites for hydroxylation is 2. The molecule has 8 heteroatoms. The molecule has 172 valence electrons. The third-order valence-electron chi connectivity index (χ3n) is 5.46. The van der Waals surface area contributed by atoms with Crippen LogP contribution < -0.4 is 5.32 Å². The minimum absolute atomic E-state index is 0.0308. The van der Waals surface area contributed by atoms with Crippen molar-refractivity contribution in [2.75, 3.05) is 26.8 Å². The van der Waals surface area contributed by atoms with Crippen molar-refractivity contribution in [3.05, 3.63) is 59.4 Å². The first kappa shape index (κ1) is 23.5. The van der Waals surface area contributed by atoms with Crippen LogP contribution in [0.5, 0.6) is 0 Å². The van der Waals surface area contributed by atoms with Crippen molar-refractivity contribution in [2.24, 2.45) is 12.1 Å². The lowest BCUT2D eigenvalue weighted by Gasteiger charge is -2.27. The molecule has 0 saturated heterocycles. The highest BCUT2D eigenvalue weighted by Crippen LogP contribution is 2.33. The number of amides is 3. The molecule has 8 nitrogen and oxygen atoms in total. The fourth-order valence-corrected chi connectivity index (χ4v) is 3.73. The quantitative estimate of drug-likeness (QED) is 0.687. The maximum absolute atomic E-state index is 13.4. The van der Waals surface area contributed by atoms with E-state index in [1.807, 2.05) is 75.0 Å². The Bertz CT molecular complexity index is 964. The van der Waals surface area contributed by atoms with E-state index >= 15 is 0 Å². The van der Waals surface area contributed by atoms with Crippen molar-refractivity contribution in [3.63, 3.8) is 0 Å². The summed E-state index contributed by atoms with van der Waals surface area (Å²) in [4.78, 5) is 27.5. The van der Waals surface area contributed by atoms with E-state index < -0.39 is 0 Å². The number of aromatic nitrogens is 1. The van der Waals surface area contributed by atoms with E-state index in [9.17, 15) is 9.59 Å². The van der Waals surface area contributed by atoms with E-state index in [-0.39, 0.29) is 30.6 Å². The van der Waals surface area contributed by atoms with Gasteiger partial charge in [0.25, 0.3) is 5.91 Å². The number of rotatable bonds is 8. The number of benzene rings is 1. The third-order valence-corrected chi connectivity index (χ3v) is 5.46. The van der Waals surface area contributed by atoms with Gasteiger partial charge in [-0.05, 0) is 38.5 Å². The van der Waals surface area contributed by atoms with E-state index in [1.165, 1.54) is 9.91 Å². The Morgan fingerprint density at radius 2 is 1.97 bits per heavy atom. The summed E-state index contributed by atoms with van der Waals surface area (Å²) in [6.45, 7) is 6.40. The van der Waals surface area contributed by atoms with Crippen LogP contribution in [0.3, 0.4) is 0 Å². The molecule has 0 spiro atoms. The standard InChI is InChI=1S/C24H33N5O3/c1-17(2)25-24(31)28(13-14-32-5)16-23(30)29-22(19-10-8-18(3)9-11-19)15-20(26-29)21-7-6-12-27(21)4/h6-12,17,22H,13-16H2,1-5H3,(H,25,31)/t22-/m0/s1. The van der Waals surface area contributed by atoms with E-state index in [4.69, 9.17) is 9.84 Å². The van der Waals surface area contributed by atoms with Gasteiger partial charge in [-0.1, -0.05) is 29.8 Å². The largest absolute Gasteiger partial charge is 0.383 e. The molecule has 1 aromatic carbocycles. The molecule has 1 N–H and O–H groups in total. The van der Waals surface area contributed by atoms with Gasteiger partial charge in [-0.3, -0.25) is 4.79 Å². The summed E-state index contributed by atoms with van der Waals surface area (Å²) in [5, 5.41) is 9.11. The molecule has 3 rings (SSSR count). The molecule has 1 atom stereocenters. The first-order valence-corrected chi connectivity index (χ1v) is 10.9. The van der Waals surface area contributed by atoms with Gasteiger partial charge in [0.2, 0.25) is 0 Å². The molecule has 1 aliphatic rings. The highest BCUT2D eigenvalue weighted by atomic mass is 16.5. The normalized spacial score (nSPS) is 15.8. The van der Waals surface area contributed by atoms with Crippen molar-refractivity contribution in [1.29, 1.82) is 0 Å². The summed E-state index contributed by atoms with van der Waals surface area (Å²) < 4.78 is 7.14. The molecule has 0 fully saturated rings. The smallest absolute Gasteiger partial charge is 0.318 e. The van der Waals surface area contributed by atoms with Gasteiger partial charge in [0, 0.05) is 39.4 Å². The predicted molar refractivity (Wildman–Crippen MR) is 124 cm³/mol. The summed E-state index contributed by atoms with van der Waals surface area (Å²) in [5.74, 6) is -0.227. The van der Waals surface area contributed by atoms with Crippen LogP contribution in [-0.4, -0.2) is 65.0 Å². The lowest BCUT2D eigenvalue weighted by molar-refractivity contribution is -0.133. The van der Waals surface area contributed by atoms with Gasteiger partial charge < -0.3 is 19.5 Å². The Labute approximate surface area is 189 Å². The average molecular weight is 440 g/mol. The Morgan fingerprint density at radius 3 is 2.56 bits per heavy atom. The van der Waals surface area contributed by atoms with Gasteiger partial charge in [-0.25, -0.2) is 9.80 Å². The second kappa shape index (κ2) is 10.5. The number of methoxy groups -OCH3 is 1. The number of hydrogen-bond donors (Lipinski definition) is 1. The molecule has 2 aromatic rings. The molecule has 1 aliphatic heterocycles. The van der Waals surface area contributed by atoms with Crippen molar-refractivity contribution < 1.29 is 14.3 Å². The molecule has 0 radical (unpaired) electrons. The number of carbonyl (C=O) groups is 2. The second-order valence-corrected chi connectivity index (χ2v) is 8.44. The summed E-state index contributed by atoms with van der Waals surface area (Å²) in [6, 6.07) is 11.6. The van der Waals surface area contributed by atoms with Gasteiger partial charge >= 0.3 is 6.03 Å². The molecule has 1 aromatic heterocycles. The minimum atomic E-state index is -0.289. The number of ether oxygens (including phenoxy) is 1. The molecule has 0 bridgehead atoms. The lowest BCUT2D eigenvalue weighted by Crippen LogP contribution is -2.48. The van der Waals surface area contributed by atoms with Crippen LogP contribution in [0.2, 0.25) is 0 Å². The number of nitrogens with zero attached hydrogens (tertiary/aromatic N) is 4. The number of urea groups is 1. The van der Waals surface area contributed by atoms with Gasteiger partial charge in [0.15, 0.2) is 0 Å². The molecule has 32 heavy (non-hydrogen) atoms. The van der Waals surface area contributed by atoms with Gasteiger partial charge in [0.1, 0.15) is 6.54 Å². The molecular weight excluding hydrogens is 406 g/mol. The van der Waals surface area contributed by atoms with Gasteiger partial charge in [-0.15, -0.1) is 0 Å². The molecule has 0 aliphatic carbocycles. The van der Waals surface area contributed by atoms with Crippen molar-refractivity contribution in [3.8, 4) is 0 Å². The van der Waals surface area contributed by atoms with Crippen LogP contribution in [0, 0.1) is 6.92 Å². The Morgan fingerprint density at radius 1 is 1.25 bits per heavy atom. The van der Waals surface area contributed by atoms with Crippen molar-refractivity contribution in [2.45, 2.75) is 39.3 Å². The van der Waals surface area contributed by atoms with Crippen LogP contribution in [0.4, 0.5) is 4.79 Å². The van der Waals surface area contributed by atoms with Crippen molar-refractivity contribution >= 4 is 17.6 Å². The minimum Gasteiger partial charge on any atom is -0.383 e. The highest BCUT2D eigenvalue weighted by Gasteiger charge is 2.35. The molecule has 3 amide bonds. The van der Waals surface area contributed by atoms with Crippen LogP contribution in [-0.2, 0) is 16.6 Å². The predicted octanol–water partition coefficient (Wildman–Crippen LogP) is 3.08.